The van der Waals surface area contributed by atoms with Gasteiger partial charge in [-0.25, -0.2) is 0 Å². The average Bonchev–Trinajstić information content (AvgIpc) is 2.93. The van der Waals surface area contributed by atoms with E-state index in [1.54, 1.807) is 0 Å². The van der Waals surface area contributed by atoms with Crippen molar-refractivity contribution in [1.82, 2.24) is 0 Å². The van der Waals surface area contributed by atoms with E-state index in [1.165, 1.54) is 0 Å². The molecule has 1 heterocycles. The van der Waals surface area contributed by atoms with Gasteiger partial charge < -0.3 is 13.9 Å². The van der Waals surface area contributed by atoms with Gasteiger partial charge in [0.2, 0.25) is 0 Å². The number of furan rings is 1. The van der Waals surface area contributed by atoms with Crippen LogP contribution in [-0.4, -0.2) is 6.61 Å². The summed E-state index contributed by atoms with van der Waals surface area (Å²) >= 11 is 0. The molecule has 0 saturated heterocycles. The van der Waals surface area contributed by atoms with Crippen LogP contribution in [0.3, 0.4) is 0 Å². The van der Waals surface area contributed by atoms with E-state index in [9.17, 15) is 0 Å². The molecule has 0 aliphatic carbocycles. The summed E-state index contributed by atoms with van der Waals surface area (Å²) in [5.74, 6) is 1.53. The Morgan fingerprint density at radius 1 is 1.00 bits per heavy atom. The molecule has 0 atom stereocenters. The molecule has 0 spiro atoms. The summed E-state index contributed by atoms with van der Waals surface area (Å²) in [6, 6.07) is 7.94. The maximum atomic E-state index is 6.12. The van der Waals surface area contributed by atoms with Gasteiger partial charge in [-0.3, -0.25) is 0 Å². The maximum Gasteiger partial charge on any atom is 0.146 e. The Bertz CT molecular complexity index is 897. The number of fused-ring (bicyclic) bond motifs is 3. The Kier molecular flexibility index (Phi) is 4.16. The van der Waals surface area contributed by atoms with Crippen molar-refractivity contribution in [2.75, 3.05) is 6.61 Å². The molecule has 0 bridgehead atoms. The fraction of sp³-hybridized carbons (Fsp3) is 0.300. The molecule has 0 fully saturated rings. The van der Waals surface area contributed by atoms with E-state index in [0.717, 1.165) is 58.3 Å². The van der Waals surface area contributed by atoms with Crippen LogP contribution >= 0.6 is 0 Å². The molecule has 0 N–H and O–H groups in total. The van der Waals surface area contributed by atoms with Crippen LogP contribution in [0.15, 0.2) is 28.7 Å². The number of unbranched alkanes of at least 4 members (excludes halogenated alkanes) is 1. The van der Waals surface area contributed by atoms with Crippen molar-refractivity contribution in [2.24, 2.45) is 0 Å². The van der Waals surface area contributed by atoms with Gasteiger partial charge in [0, 0.05) is 21.9 Å². The molecular formula is C20H20O3. The van der Waals surface area contributed by atoms with Crippen molar-refractivity contribution in [3.8, 4) is 24.0 Å². The quantitative estimate of drug-likeness (QED) is 0.470. The summed E-state index contributed by atoms with van der Waals surface area (Å²) in [4.78, 5) is 0. The highest BCUT2D eigenvalue weighted by molar-refractivity contribution is 6.07. The molecule has 0 aliphatic heterocycles. The molecule has 118 valence electrons. The van der Waals surface area contributed by atoms with Crippen LogP contribution in [0.5, 0.6) is 11.5 Å². The highest BCUT2D eigenvalue weighted by Crippen LogP contribution is 2.38. The summed E-state index contributed by atoms with van der Waals surface area (Å²) < 4.78 is 17.2. The third kappa shape index (κ3) is 2.61. The molecule has 3 aromatic rings. The van der Waals surface area contributed by atoms with Gasteiger partial charge in [-0.05, 0) is 44.5 Å². The van der Waals surface area contributed by atoms with Crippen LogP contribution < -0.4 is 9.47 Å². The lowest BCUT2D eigenvalue weighted by Crippen LogP contribution is -1.97. The first-order chi connectivity index (χ1) is 11.2. The van der Waals surface area contributed by atoms with E-state index in [-0.39, 0.29) is 0 Å². The fourth-order valence-corrected chi connectivity index (χ4v) is 2.79. The second-order valence-corrected chi connectivity index (χ2v) is 5.65. The van der Waals surface area contributed by atoms with Gasteiger partial charge in [-0.2, -0.15) is 0 Å². The second-order valence-electron chi connectivity index (χ2n) is 5.65. The minimum absolute atomic E-state index is 0.649. The van der Waals surface area contributed by atoms with Gasteiger partial charge in [0.1, 0.15) is 28.8 Å². The summed E-state index contributed by atoms with van der Waals surface area (Å²) in [6.45, 7) is 6.85. The standard InChI is InChI=1S/C20H20O3/c1-5-7-12-22-18-11-9-16-15-8-10-17(21-6-2)13(3)19(15)23-20(16)14(18)4/h2,8-11H,5,7,12H2,1,3-4H3. The van der Waals surface area contributed by atoms with Gasteiger partial charge in [0.05, 0.1) is 6.61 Å². The largest absolute Gasteiger partial charge is 0.493 e. The molecular weight excluding hydrogens is 288 g/mol. The number of ether oxygens (including phenoxy) is 2. The lowest BCUT2D eigenvalue weighted by Gasteiger charge is -2.08. The minimum Gasteiger partial charge on any atom is -0.493 e. The minimum atomic E-state index is 0.649. The molecule has 2 aromatic carbocycles. The number of aryl methyl sites for hydroxylation is 2. The average molecular weight is 308 g/mol. The van der Waals surface area contributed by atoms with Gasteiger partial charge in [-0.1, -0.05) is 19.8 Å². The van der Waals surface area contributed by atoms with Gasteiger partial charge in [0.25, 0.3) is 0 Å². The lowest BCUT2D eigenvalue weighted by atomic mass is 10.1. The van der Waals surface area contributed by atoms with Crippen LogP contribution in [-0.2, 0) is 0 Å². The van der Waals surface area contributed by atoms with Crippen molar-refractivity contribution in [3.63, 3.8) is 0 Å². The number of hydrogen-bond donors (Lipinski definition) is 0. The van der Waals surface area contributed by atoms with Crippen LogP contribution in [0.1, 0.15) is 30.9 Å². The van der Waals surface area contributed by atoms with Gasteiger partial charge in [-0.15, -0.1) is 0 Å². The number of benzene rings is 2. The fourth-order valence-electron chi connectivity index (χ4n) is 2.79. The first-order valence-corrected chi connectivity index (χ1v) is 7.88. The number of hydrogen-bond acceptors (Lipinski definition) is 3. The third-order valence-corrected chi connectivity index (χ3v) is 4.13. The third-order valence-electron chi connectivity index (χ3n) is 4.13. The molecule has 0 aliphatic rings. The topological polar surface area (TPSA) is 31.6 Å². The van der Waals surface area contributed by atoms with E-state index >= 15 is 0 Å². The van der Waals surface area contributed by atoms with Crippen LogP contribution in [0.25, 0.3) is 21.9 Å². The van der Waals surface area contributed by atoms with Crippen LogP contribution in [0.2, 0.25) is 0 Å². The number of terminal acetylenes is 1. The van der Waals surface area contributed by atoms with E-state index in [4.69, 9.17) is 20.3 Å². The SMILES string of the molecule is C#COc1ccc2c(oc3c(C)c(OCCCC)ccc32)c1C. The Morgan fingerprint density at radius 3 is 2.22 bits per heavy atom. The molecule has 23 heavy (non-hydrogen) atoms. The zero-order chi connectivity index (χ0) is 16.4. The Balaban J connectivity index is 2.13. The lowest BCUT2D eigenvalue weighted by molar-refractivity contribution is 0.307. The zero-order valence-corrected chi connectivity index (χ0v) is 13.7. The molecule has 3 nitrogen and oxygen atoms in total. The van der Waals surface area contributed by atoms with Crippen molar-refractivity contribution >= 4 is 21.9 Å². The first kappa shape index (κ1) is 15.3. The molecule has 3 rings (SSSR count). The van der Waals surface area contributed by atoms with E-state index < -0.39 is 0 Å². The molecule has 0 saturated carbocycles. The summed E-state index contributed by atoms with van der Waals surface area (Å²) in [6.07, 6.45) is 9.60. The Labute approximate surface area is 136 Å². The highest BCUT2D eigenvalue weighted by atomic mass is 16.5. The maximum absolute atomic E-state index is 6.12. The molecule has 1 aromatic heterocycles. The van der Waals surface area contributed by atoms with Crippen molar-refractivity contribution in [3.05, 3.63) is 35.4 Å². The summed E-state index contributed by atoms with van der Waals surface area (Å²) in [5.41, 5.74) is 3.59. The summed E-state index contributed by atoms with van der Waals surface area (Å²) in [7, 11) is 0. The predicted molar refractivity (Wildman–Crippen MR) is 93.1 cm³/mol. The van der Waals surface area contributed by atoms with Crippen molar-refractivity contribution in [1.29, 1.82) is 0 Å². The normalized spacial score (nSPS) is 10.9. The molecule has 0 radical (unpaired) electrons. The second kappa shape index (κ2) is 6.26. The highest BCUT2D eigenvalue weighted by Gasteiger charge is 2.16. The van der Waals surface area contributed by atoms with Crippen molar-refractivity contribution < 1.29 is 13.9 Å². The van der Waals surface area contributed by atoms with Crippen LogP contribution in [0.4, 0.5) is 0 Å². The van der Waals surface area contributed by atoms with Crippen LogP contribution in [0, 0.1) is 26.4 Å². The molecule has 0 unspecified atom stereocenters. The smallest absolute Gasteiger partial charge is 0.146 e. The summed E-state index contributed by atoms with van der Waals surface area (Å²) in [5, 5.41) is 2.14. The van der Waals surface area contributed by atoms with E-state index in [1.807, 2.05) is 32.0 Å². The van der Waals surface area contributed by atoms with E-state index in [0.29, 0.717) is 5.75 Å². The predicted octanol–water partition coefficient (Wildman–Crippen LogP) is 5.35. The first-order valence-electron chi connectivity index (χ1n) is 7.88. The number of rotatable bonds is 5. The zero-order valence-electron chi connectivity index (χ0n) is 13.7. The van der Waals surface area contributed by atoms with E-state index in [2.05, 4.69) is 19.1 Å². The molecule has 0 amide bonds. The Hall–Kier alpha value is -2.60. The Morgan fingerprint density at radius 2 is 1.61 bits per heavy atom. The van der Waals surface area contributed by atoms with Gasteiger partial charge >= 0.3 is 0 Å². The monoisotopic (exact) mass is 308 g/mol. The van der Waals surface area contributed by atoms with Gasteiger partial charge in [0.15, 0.2) is 0 Å². The molecule has 3 heteroatoms. The van der Waals surface area contributed by atoms with Crippen molar-refractivity contribution in [2.45, 2.75) is 33.6 Å².